The molecule has 0 saturated heterocycles. The van der Waals surface area contributed by atoms with Gasteiger partial charge in [0.25, 0.3) is 11.8 Å². The number of carbonyl (C=O) groups excluding carboxylic acids is 2. The Kier molecular flexibility index (Phi) is 8.79. The minimum Gasteiger partial charge on any atom is -0.322 e. The van der Waals surface area contributed by atoms with Crippen LogP contribution in [0.4, 0.5) is 24.5 Å². The summed E-state index contributed by atoms with van der Waals surface area (Å²) in [5.41, 5.74) is 2.49. The molecule has 38 heavy (non-hydrogen) atoms. The lowest BCUT2D eigenvalue weighted by molar-refractivity contribution is -0.137. The zero-order valence-electron chi connectivity index (χ0n) is 20.1. The van der Waals surface area contributed by atoms with Crippen molar-refractivity contribution in [1.82, 2.24) is 5.43 Å². The Labute approximate surface area is 222 Å². The van der Waals surface area contributed by atoms with Crippen molar-refractivity contribution in [2.24, 2.45) is 5.10 Å². The second kappa shape index (κ2) is 11.7. The first-order valence-electron chi connectivity index (χ1n) is 10.9. The summed E-state index contributed by atoms with van der Waals surface area (Å²) >= 11 is 5.92. The number of halogens is 4. The Hall–Kier alpha value is -3.90. The van der Waals surface area contributed by atoms with Gasteiger partial charge >= 0.3 is 6.18 Å². The molecule has 200 valence electrons. The van der Waals surface area contributed by atoms with Crippen molar-refractivity contribution in [1.29, 1.82) is 0 Å². The number of sulfonamides is 1. The van der Waals surface area contributed by atoms with Gasteiger partial charge in [0.15, 0.2) is 0 Å². The zero-order valence-corrected chi connectivity index (χ0v) is 21.7. The number of hydrogen-bond donors (Lipinski definition) is 2. The summed E-state index contributed by atoms with van der Waals surface area (Å²) in [5, 5.41) is 7.09. The van der Waals surface area contributed by atoms with Crippen LogP contribution >= 0.6 is 11.6 Å². The molecule has 0 unspecified atom stereocenters. The number of alkyl halides is 3. The van der Waals surface area contributed by atoms with Gasteiger partial charge in [-0.3, -0.25) is 13.9 Å². The third kappa shape index (κ3) is 7.80. The SMILES string of the molecule is C/C(=N/NC(=O)CN(c1cccc(C(F)(F)F)c1)S(C)(=O)=O)c1cccc(NC(=O)c2cccc(Cl)c2)c1. The van der Waals surface area contributed by atoms with Gasteiger partial charge in [0.05, 0.1) is 23.2 Å². The number of hydrogen-bond acceptors (Lipinski definition) is 5. The van der Waals surface area contributed by atoms with Crippen molar-refractivity contribution in [2.45, 2.75) is 13.1 Å². The van der Waals surface area contributed by atoms with Gasteiger partial charge in [0.1, 0.15) is 6.54 Å². The molecule has 0 aliphatic heterocycles. The van der Waals surface area contributed by atoms with Crippen molar-refractivity contribution >= 4 is 50.5 Å². The molecule has 13 heteroatoms. The van der Waals surface area contributed by atoms with E-state index in [9.17, 15) is 31.2 Å². The van der Waals surface area contributed by atoms with Crippen molar-refractivity contribution in [3.63, 3.8) is 0 Å². The van der Waals surface area contributed by atoms with Crippen molar-refractivity contribution in [3.05, 3.63) is 94.5 Å². The maximum absolute atomic E-state index is 13.1. The molecular formula is C25H22ClF3N4O4S. The summed E-state index contributed by atoms with van der Waals surface area (Å²) in [6.07, 6.45) is -3.91. The lowest BCUT2D eigenvalue weighted by atomic mass is 10.1. The normalized spacial score (nSPS) is 12.1. The average Bonchev–Trinajstić information content (AvgIpc) is 2.85. The number of hydrazone groups is 1. The zero-order chi connectivity index (χ0) is 28.1. The van der Waals surface area contributed by atoms with Crippen LogP contribution in [0.3, 0.4) is 0 Å². The second-order valence-electron chi connectivity index (χ2n) is 8.10. The summed E-state index contributed by atoms with van der Waals surface area (Å²) in [4.78, 5) is 24.9. The Bertz CT molecular complexity index is 1490. The minimum absolute atomic E-state index is 0.318. The van der Waals surface area contributed by atoms with E-state index in [0.29, 0.717) is 37.9 Å². The van der Waals surface area contributed by atoms with Crippen LogP contribution in [0.25, 0.3) is 0 Å². The number of benzene rings is 3. The number of anilines is 2. The highest BCUT2D eigenvalue weighted by atomic mass is 35.5. The van der Waals surface area contributed by atoms with Crippen LogP contribution in [0.2, 0.25) is 5.02 Å². The molecule has 0 spiro atoms. The Balaban J connectivity index is 1.72. The first-order valence-corrected chi connectivity index (χ1v) is 13.1. The van der Waals surface area contributed by atoms with Gasteiger partial charge < -0.3 is 5.32 Å². The smallest absolute Gasteiger partial charge is 0.322 e. The van der Waals surface area contributed by atoms with Crippen molar-refractivity contribution in [3.8, 4) is 0 Å². The van der Waals surface area contributed by atoms with E-state index >= 15 is 0 Å². The van der Waals surface area contributed by atoms with Crippen LogP contribution in [0.15, 0.2) is 77.9 Å². The molecule has 2 N–H and O–H groups in total. The topological polar surface area (TPSA) is 108 Å². The Morgan fingerprint density at radius 1 is 0.974 bits per heavy atom. The molecule has 0 heterocycles. The lowest BCUT2D eigenvalue weighted by Gasteiger charge is -2.22. The second-order valence-corrected chi connectivity index (χ2v) is 10.4. The monoisotopic (exact) mass is 566 g/mol. The van der Waals surface area contributed by atoms with E-state index in [4.69, 9.17) is 11.6 Å². The molecule has 0 radical (unpaired) electrons. The third-order valence-electron chi connectivity index (χ3n) is 5.12. The van der Waals surface area contributed by atoms with Gasteiger partial charge in [0.2, 0.25) is 10.0 Å². The summed E-state index contributed by atoms with van der Waals surface area (Å²) in [6.45, 7) is 0.770. The number of rotatable bonds is 8. The van der Waals surface area contributed by atoms with Gasteiger partial charge in [-0.2, -0.15) is 18.3 Å². The third-order valence-corrected chi connectivity index (χ3v) is 6.50. The van der Waals surface area contributed by atoms with Gasteiger partial charge in [-0.15, -0.1) is 0 Å². The molecule has 8 nitrogen and oxygen atoms in total. The molecule has 0 aliphatic rings. The fraction of sp³-hybridized carbons (Fsp3) is 0.160. The molecule has 3 aromatic rings. The lowest BCUT2D eigenvalue weighted by Crippen LogP contribution is -2.39. The Morgan fingerprint density at radius 2 is 1.63 bits per heavy atom. The largest absolute Gasteiger partial charge is 0.416 e. The summed E-state index contributed by atoms with van der Waals surface area (Å²) < 4.78 is 64.2. The molecule has 3 rings (SSSR count). The predicted octanol–water partition coefficient (Wildman–Crippen LogP) is 4.92. The molecule has 0 aliphatic carbocycles. The molecule has 0 atom stereocenters. The highest BCUT2D eigenvalue weighted by Crippen LogP contribution is 2.32. The van der Waals surface area contributed by atoms with Crippen LogP contribution < -0.4 is 15.0 Å². The highest BCUT2D eigenvalue weighted by Gasteiger charge is 2.32. The minimum atomic E-state index is -4.69. The van der Waals surface area contributed by atoms with Crippen LogP contribution in [0.5, 0.6) is 0 Å². The van der Waals surface area contributed by atoms with E-state index in [0.717, 1.165) is 24.5 Å². The van der Waals surface area contributed by atoms with Crippen LogP contribution in [-0.2, 0) is 21.0 Å². The molecule has 0 fully saturated rings. The van der Waals surface area contributed by atoms with Crippen molar-refractivity contribution < 1.29 is 31.2 Å². The first kappa shape index (κ1) is 28.7. The molecule has 0 bridgehead atoms. The summed E-state index contributed by atoms with van der Waals surface area (Å²) in [7, 11) is -4.10. The van der Waals surface area contributed by atoms with Gasteiger partial charge in [-0.05, 0) is 61.0 Å². The Morgan fingerprint density at radius 3 is 2.29 bits per heavy atom. The maximum atomic E-state index is 13.1. The molecule has 3 aromatic carbocycles. The van der Waals surface area contributed by atoms with Crippen LogP contribution in [0, 0.1) is 0 Å². The van der Waals surface area contributed by atoms with E-state index in [1.807, 2.05) is 0 Å². The highest BCUT2D eigenvalue weighted by molar-refractivity contribution is 7.92. The summed E-state index contributed by atoms with van der Waals surface area (Å²) in [5.74, 6) is -1.26. The van der Waals surface area contributed by atoms with Crippen molar-refractivity contribution in [2.75, 3.05) is 22.4 Å². The molecule has 0 aromatic heterocycles. The van der Waals surface area contributed by atoms with E-state index in [1.165, 1.54) is 6.07 Å². The number of carbonyl (C=O) groups is 2. The molecule has 0 saturated carbocycles. The van der Waals surface area contributed by atoms with E-state index in [-0.39, 0.29) is 11.6 Å². The van der Waals surface area contributed by atoms with E-state index in [1.54, 1.807) is 49.4 Å². The number of amides is 2. The molecule has 2 amide bonds. The van der Waals surface area contributed by atoms with Gasteiger partial charge in [-0.25, -0.2) is 13.8 Å². The average molecular weight is 567 g/mol. The summed E-state index contributed by atoms with van der Waals surface area (Å²) in [6, 6.07) is 16.6. The number of nitrogens with one attached hydrogen (secondary N) is 2. The first-order chi connectivity index (χ1) is 17.7. The quantitative estimate of drug-likeness (QED) is 0.298. The molecular weight excluding hydrogens is 545 g/mol. The standard InChI is InChI=1S/C25H22ClF3N4O4S/c1-16(17-6-4-10-21(13-17)30-24(35)18-7-3-9-20(26)12-18)31-32-23(34)15-33(38(2,36)37)22-11-5-8-19(14-22)25(27,28)29/h3-14H,15H2,1-2H3,(H,30,35)(H,32,34)/b31-16-. The van der Waals surface area contributed by atoms with E-state index in [2.05, 4.69) is 15.8 Å². The van der Waals surface area contributed by atoms with Gasteiger partial charge in [0, 0.05) is 16.3 Å². The number of nitrogens with zero attached hydrogens (tertiary/aromatic N) is 2. The van der Waals surface area contributed by atoms with Crippen LogP contribution in [0.1, 0.15) is 28.4 Å². The fourth-order valence-electron chi connectivity index (χ4n) is 3.27. The fourth-order valence-corrected chi connectivity index (χ4v) is 4.31. The maximum Gasteiger partial charge on any atom is 0.416 e. The van der Waals surface area contributed by atoms with Crippen LogP contribution in [-0.4, -0.2) is 38.7 Å². The van der Waals surface area contributed by atoms with E-state index < -0.39 is 34.2 Å². The predicted molar refractivity (Wildman–Crippen MR) is 140 cm³/mol. The van der Waals surface area contributed by atoms with Gasteiger partial charge in [-0.1, -0.05) is 35.9 Å².